The van der Waals surface area contributed by atoms with Crippen molar-refractivity contribution in [1.82, 2.24) is 4.98 Å². The molecule has 4 heteroatoms. The van der Waals surface area contributed by atoms with Crippen LogP contribution >= 0.6 is 11.3 Å². The molecular formula is C20H20N2OS. The Morgan fingerprint density at radius 3 is 2.38 bits per heavy atom. The molecule has 0 radical (unpaired) electrons. The van der Waals surface area contributed by atoms with Crippen molar-refractivity contribution in [3.8, 4) is 22.4 Å². The minimum Gasteiger partial charge on any atom is -0.302 e. The van der Waals surface area contributed by atoms with Gasteiger partial charge in [0.25, 0.3) is 0 Å². The van der Waals surface area contributed by atoms with Gasteiger partial charge in [-0.2, -0.15) is 0 Å². The molecule has 1 N–H and O–H groups in total. The van der Waals surface area contributed by atoms with E-state index in [1.807, 2.05) is 23.6 Å². The van der Waals surface area contributed by atoms with Gasteiger partial charge in [0.05, 0.1) is 5.69 Å². The Morgan fingerprint density at radius 2 is 1.67 bits per heavy atom. The standard InChI is InChI=1S/C20H20N2OS/c1-2-3-9-19(23)22-20-21-18(14-24-20)17-12-10-16(11-13-17)15-7-5-4-6-8-15/h4-8,10-14H,2-3,9H2,1H3,(H,21,22,23). The van der Waals surface area contributed by atoms with E-state index in [0.29, 0.717) is 11.6 Å². The Balaban J connectivity index is 1.70. The van der Waals surface area contributed by atoms with Crippen LogP contribution in [0.25, 0.3) is 22.4 Å². The average molecular weight is 336 g/mol. The molecular weight excluding hydrogens is 316 g/mol. The summed E-state index contributed by atoms with van der Waals surface area (Å²) in [4.78, 5) is 16.3. The lowest BCUT2D eigenvalue weighted by molar-refractivity contribution is -0.116. The second-order valence-corrected chi connectivity index (χ2v) is 6.49. The average Bonchev–Trinajstić information content (AvgIpc) is 3.09. The van der Waals surface area contributed by atoms with Crippen molar-refractivity contribution in [2.75, 3.05) is 5.32 Å². The number of hydrogen-bond acceptors (Lipinski definition) is 3. The Hall–Kier alpha value is -2.46. The summed E-state index contributed by atoms with van der Waals surface area (Å²) in [5.74, 6) is 0.0391. The normalized spacial score (nSPS) is 10.5. The first kappa shape index (κ1) is 16.4. The first-order valence-corrected chi connectivity index (χ1v) is 9.05. The molecule has 1 amide bonds. The van der Waals surface area contributed by atoms with Crippen LogP contribution < -0.4 is 5.32 Å². The third-order valence-corrected chi connectivity index (χ3v) is 4.55. The molecule has 0 fully saturated rings. The van der Waals surface area contributed by atoms with Crippen LogP contribution in [-0.4, -0.2) is 10.9 Å². The second kappa shape index (κ2) is 7.88. The van der Waals surface area contributed by atoms with Gasteiger partial charge in [-0.3, -0.25) is 4.79 Å². The van der Waals surface area contributed by atoms with Gasteiger partial charge in [-0.1, -0.05) is 67.9 Å². The number of aromatic nitrogens is 1. The molecule has 24 heavy (non-hydrogen) atoms. The summed E-state index contributed by atoms with van der Waals surface area (Å²) >= 11 is 1.46. The zero-order valence-corrected chi connectivity index (χ0v) is 14.5. The molecule has 0 spiro atoms. The number of carbonyl (C=O) groups excluding carboxylic acids is 1. The predicted molar refractivity (Wildman–Crippen MR) is 101 cm³/mol. The van der Waals surface area contributed by atoms with E-state index in [1.165, 1.54) is 22.5 Å². The molecule has 0 unspecified atom stereocenters. The summed E-state index contributed by atoms with van der Waals surface area (Å²) in [6.07, 6.45) is 2.48. The van der Waals surface area contributed by atoms with E-state index in [1.54, 1.807) is 0 Å². The van der Waals surface area contributed by atoms with Crippen LogP contribution in [0.15, 0.2) is 60.0 Å². The van der Waals surface area contributed by atoms with E-state index in [4.69, 9.17) is 0 Å². The fourth-order valence-corrected chi connectivity index (χ4v) is 3.18. The van der Waals surface area contributed by atoms with Crippen LogP contribution in [0.4, 0.5) is 5.13 Å². The maximum atomic E-state index is 11.8. The quantitative estimate of drug-likeness (QED) is 0.636. The van der Waals surface area contributed by atoms with E-state index < -0.39 is 0 Å². The number of nitrogens with zero attached hydrogens (tertiary/aromatic N) is 1. The van der Waals surface area contributed by atoms with E-state index in [0.717, 1.165) is 24.1 Å². The largest absolute Gasteiger partial charge is 0.302 e. The third-order valence-electron chi connectivity index (χ3n) is 3.80. The van der Waals surface area contributed by atoms with E-state index in [2.05, 4.69) is 53.6 Å². The molecule has 0 aliphatic carbocycles. The molecule has 0 aliphatic rings. The van der Waals surface area contributed by atoms with Crippen molar-refractivity contribution >= 4 is 22.4 Å². The lowest BCUT2D eigenvalue weighted by atomic mass is 10.0. The van der Waals surface area contributed by atoms with Gasteiger partial charge in [0.2, 0.25) is 5.91 Å². The molecule has 1 heterocycles. The van der Waals surface area contributed by atoms with Crippen LogP contribution in [0.3, 0.4) is 0 Å². The highest BCUT2D eigenvalue weighted by Gasteiger charge is 2.08. The SMILES string of the molecule is CCCCC(=O)Nc1nc(-c2ccc(-c3ccccc3)cc2)cs1. The summed E-state index contributed by atoms with van der Waals surface area (Å²) in [5, 5.41) is 5.52. The zero-order chi connectivity index (χ0) is 16.8. The van der Waals surface area contributed by atoms with Crippen molar-refractivity contribution in [3.63, 3.8) is 0 Å². The number of amides is 1. The summed E-state index contributed by atoms with van der Waals surface area (Å²) in [6, 6.07) is 18.6. The second-order valence-electron chi connectivity index (χ2n) is 5.63. The van der Waals surface area contributed by atoms with Crippen molar-refractivity contribution in [3.05, 3.63) is 60.0 Å². The molecule has 1 aromatic heterocycles. The Morgan fingerprint density at radius 1 is 1.00 bits per heavy atom. The smallest absolute Gasteiger partial charge is 0.226 e. The molecule has 3 nitrogen and oxygen atoms in total. The molecule has 2 aromatic carbocycles. The minimum absolute atomic E-state index is 0.0391. The fourth-order valence-electron chi connectivity index (χ4n) is 2.45. The molecule has 0 bridgehead atoms. The van der Waals surface area contributed by atoms with Gasteiger partial charge in [0.1, 0.15) is 0 Å². The number of thiazole rings is 1. The van der Waals surface area contributed by atoms with Crippen LogP contribution in [-0.2, 0) is 4.79 Å². The Bertz CT molecular complexity index is 794. The number of rotatable bonds is 6. The summed E-state index contributed by atoms with van der Waals surface area (Å²) < 4.78 is 0. The first-order chi connectivity index (χ1) is 11.8. The summed E-state index contributed by atoms with van der Waals surface area (Å²) in [7, 11) is 0. The van der Waals surface area contributed by atoms with Gasteiger partial charge in [-0.15, -0.1) is 11.3 Å². The van der Waals surface area contributed by atoms with Crippen LogP contribution in [0.1, 0.15) is 26.2 Å². The number of benzene rings is 2. The number of nitrogens with one attached hydrogen (secondary N) is 1. The van der Waals surface area contributed by atoms with Crippen molar-refractivity contribution in [1.29, 1.82) is 0 Å². The van der Waals surface area contributed by atoms with E-state index in [-0.39, 0.29) is 5.91 Å². The lowest BCUT2D eigenvalue weighted by Gasteiger charge is -2.03. The molecule has 0 atom stereocenters. The lowest BCUT2D eigenvalue weighted by Crippen LogP contribution is -2.10. The van der Waals surface area contributed by atoms with E-state index in [9.17, 15) is 4.79 Å². The number of hydrogen-bond donors (Lipinski definition) is 1. The van der Waals surface area contributed by atoms with Crippen LogP contribution in [0, 0.1) is 0 Å². The predicted octanol–water partition coefficient (Wildman–Crippen LogP) is 5.61. The third kappa shape index (κ3) is 4.09. The number of anilines is 1. The van der Waals surface area contributed by atoms with Crippen molar-refractivity contribution in [2.24, 2.45) is 0 Å². The Kier molecular flexibility index (Phi) is 5.39. The molecule has 3 rings (SSSR count). The zero-order valence-electron chi connectivity index (χ0n) is 13.7. The minimum atomic E-state index is 0.0391. The van der Waals surface area contributed by atoms with Gasteiger partial charge in [-0.25, -0.2) is 4.98 Å². The van der Waals surface area contributed by atoms with Gasteiger partial charge in [-0.05, 0) is 17.5 Å². The van der Waals surface area contributed by atoms with Gasteiger partial charge in [0.15, 0.2) is 5.13 Å². The highest BCUT2D eigenvalue weighted by atomic mass is 32.1. The maximum Gasteiger partial charge on any atom is 0.226 e. The molecule has 0 saturated carbocycles. The van der Waals surface area contributed by atoms with Gasteiger partial charge < -0.3 is 5.32 Å². The summed E-state index contributed by atoms with van der Waals surface area (Å²) in [6.45, 7) is 2.08. The van der Waals surface area contributed by atoms with E-state index >= 15 is 0 Å². The van der Waals surface area contributed by atoms with Crippen LogP contribution in [0.2, 0.25) is 0 Å². The monoisotopic (exact) mass is 336 g/mol. The maximum absolute atomic E-state index is 11.8. The highest BCUT2D eigenvalue weighted by Crippen LogP contribution is 2.27. The molecule has 122 valence electrons. The summed E-state index contributed by atoms with van der Waals surface area (Å²) in [5.41, 5.74) is 4.33. The van der Waals surface area contributed by atoms with Crippen LogP contribution in [0.5, 0.6) is 0 Å². The Labute approximate surface area is 146 Å². The fraction of sp³-hybridized carbons (Fsp3) is 0.200. The molecule has 3 aromatic rings. The van der Waals surface area contributed by atoms with Crippen molar-refractivity contribution < 1.29 is 4.79 Å². The van der Waals surface area contributed by atoms with Crippen molar-refractivity contribution in [2.45, 2.75) is 26.2 Å². The number of unbranched alkanes of at least 4 members (excludes halogenated alkanes) is 1. The topological polar surface area (TPSA) is 42.0 Å². The first-order valence-electron chi connectivity index (χ1n) is 8.17. The van der Waals surface area contributed by atoms with Gasteiger partial charge >= 0.3 is 0 Å². The molecule has 0 aliphatic heterocycles. The molecule has 0 saturated heterocycles. The number of carbonyl (C=O) groups is 1. The van der Waals surface area contributed by atoms with Gasteiger partial charge in [0, 0.05) is 17.4 Å². The highest BCUT2D eigenvalue weighted by molar-refractivity contribution is 7.14.